The highest BCUT2D eigenvalue weighted by atomic mass is 16.4. The molecule has 1 aromatic rings. The zero-order chi connectivity index (χ0) is 9.14. The van der Waals surface area contributed by atoms with Crippen LogP contribution in [0.5, 0.6) is 0 Å². The van der Waals surface area contributed by atoms with E-state index in [0.29, 0.717) is 5.82 Å². The molecule has 1 rings (SSSR count). The zero-order valence-electron chi connectivity index (χ0n) is 6.98. The Labute approximate surface area is 70.3 Å². The lowest BCUT2D eigenvalue weighted by Crippen LogP contribution is -2.11. The number of hydrogen-bond acceptors (Lipinski definition) is 3. The molecule has 1 atom stereocenters. The second-order valence-electron chi connectivity index (χ2n) is 2.62. The van der Waals surface area contributed by atoms with Crippen molar-refractivity contribution in [2.45, 2.75) is 19.8 Å². The second-order valence-corrected chi connectivity index (χ2v) is 2.62. The van der Waals surface area contributed by atoms with Gasteiger partial charge in [0.2, 0.25) is 0 Å². The maximum atomic E-state index is 10.5. The molecule has 0 bridgehead atoms. The van der Waals surface area contributed by atoms with E-state index in [1.165, 1.54) is 0 Å². The first-order chi connectivity index (χ1) is 5.61. The monoisotopic (exact) mass is 166 g/mol. The van der Waals surface area contributed by atoms with Gasteiger partial charge in [-0.05, 0) is 19.9 Å². The molecule has 4 heteroatoms. The Bertz CT molecular complexity index is 299. The number of rotatable bonds is 2. The summed E-state index contributed by atoms with van der Waals surface area (Å²) in [6.45, 7) is 3.37. The summed E-state index contributed by atoms with van der Waals surface area (Å²) in [6, 6.07) is 1.73. The van der Waals surface area contributed by atoms with Gasteiger partial charge in [0.25, 0.3) is 0 Å². The summed E-state index contributed by atoms with van der Waals surface area (Å²) in [6.07, 6.45) is 1.57. The van der Waals surface area contributed by atoms with Crippen molar-refractivity contribution in [1.82, 2.24) is 9.97 Å². The van der Waals surface area contributed by atoms with Crippen molar-refractivity contribution in [3.05, 3.63) is 23.8 Å². The lowest BCUT2D eigenvalue weighted by atomic mass is 10.2. The summed E-state index contributed by atoms with van der Waals surface area (Å²) < 4.78 is 0. The number of aromatic nitrogens is 2. The lowest BCUT2D eigenvalue weighted by molar-refractivity contribution is -0.138. The number of carboxylic acids is 1. The van der Waals surface area contributed by atoms with Crippen LogP contribution in [0, 0.1) is 6.92 Å². The number of carbonyl (C=O) groups is 1. The van der Waals surface area contributed by atoms with E-state index in [9.17, 15) is 4.79 Å². The van der Waals surface area contributed by atoms with E-state index >= 15 is 0 Å². The topological polar surface area (TPSA) is 63.1 Å². The third-order valence-electron chi connectivity index (χ3n) is 1.57. The Kier molecular flexibility index (Phi) is 2.38. The van der Waals surface area contributed by atoms with E-state index in [1.54, 1.807) is 26.1 Å². The van der Waals surface area contributed by atoms with Crippen LogP contribution in [0.3, 0.4) is 0 Å². The average Bonchev–Trinajstić information content (AvgIpc) is 2.03. The number of nitrogens with zero attached hydrogens (tertiary/aromatic N) is 2. The molecule has 1 N–H and O–H groups in total. The van der Waals surface area contributed by atoms with Crippen LogP contribution in [0.4, 0.5) is 0 Å². The smallest absolute Gasteiger partial charge is 0.313 e. The average molecular weight is 166 g/mol. The van der Waals surface area contributed by atoms with Gasteiger partial charge >= 0.3 is 5.97 Å². The van der Waals surface area contributed by atoms with Gasteiger partial charge in [-0.25, -0.2) is 9.97 Å². The van der Waals surface area contributed by atoms with Crippen molar-refractivity contribution in [2.75, 3.05) is 0 Å². The largest absolute Gasteiger partial charge is 0.481 e. The quantitative estimate of drug-likeness (QED) is 0.711. The molecule has 0 amide bonds. The molecule has 0 saturated carbocycles. The van der Waals surface area contributed by atoms with Crippen molar-refractivity contribution in [3.63, 3.8) is 0 Å². The van der Waals surface area contributed by atoms with Crippen molar-refractivity contribution in [2.24, 2.45) is 0 Å². The first-order valence-corrected chi connectivity index (χ1v) is 3.63. The van der Waals surface area contributed by atoms with Gasteiger partial charge in [-0.3, -0.25) is 4.79 Å². The second kappa shape index (κ2) is 3.30. The van der Waals surface area contributed by atoms with E-state index in [2.05, 4.69) is 9.97 Å². The van der Waals surface area contributed by atoms with E-state index in [4.69, 9.17) is 5.11 Å². The third-order valence-corrected chi connectivity index (χ3v) is 1.57. The fourth-order valence-electron chi connectivity index (χ4n) is 0.787. The number of carboxylic acid groups (broad SMARTS) is 1. The highest BCUT2D eigenvalue weighted by molar-refractivity contribution is 5.74. The molecular formula is C8H10N2O2. The van der Waals surface area contributed by atoms with Gasteiger partial charge in [0.1, 0.15) is 11.7 Å². The van der Waals surface area contributed by atoms with Gasteiger partial charge in [-0.2, -0.15) is 0 Å². The van der Waals surface area contributed by atoms with E-state index in [1.807, 2.05) is 0 Å². The molecule has 0 aliphatic carbocycles. The Morgan fingerprint density at radius 1 is 1.67 bits per heavy atom. The molecule has 0 fully saturated rings. The van der Waals surface area contributed by atoms with Crippen molar-refractivity contribution in [3.8, 4) is 0 Å². The van der Waals surface area contributed by atoms with E-state index < -0.39 is 11.9 Å². The Morgan fingerprint density at radius 2 is 2.33 bits per heavy atom. The molecule has 0 aromatic carbocycles. The van der Waals surface area contributed by atoms with Crippen LogP contribution in [0.25, 0.3) is 0 Å². The highest BCUT2D eigenvalue weighted by Gasteiger charge is 2.15. The van der Waals surface area contributed by atoms with Gasteiger partial charge in [0, 0.05) is 11.9 Å². The molecule has 12 heavy (non-hydrogen) atoms. The maximum Gasteiger partial charge on any atom is 0.313 e. The first-order valence-electron chi connectivity index (χ1n) is 3.63. The normalized spacial score (nSPS) is 12.5. The molecule has 0 aliphatic rings. The summed E-state index contributed by atoms with van der Waals surface area (Å²) in [5.74, 6) is -1.17. The molecule has 0 aliphatic heterocycles. The minimum atomic E-state index is -0.902. The molecule has 0 spiro atoms. The standard InChI is InChI=1S/C8H10N2O2/c1-5-3-4-9-7(10-5)6(2)8(11)12/h3-4,6H,1-2H3,(H,11,12). The van der Waals surface area contributed by atoms with Gasteiger partial charge < -0.3 is 5.11 Å². The van der Waals surface area contributed by atoms with Crippen molar-refractivity contribution < 1.29 is 9.90 Å². The van der Waals surface area contributed by atoms with Crippen LogP contribution in [0.15, 0.2) is 12.3 Å². The SMILES string of the molecule is Cc1ccnc(C(C)C(=O)O)n1. The van der Waals surface area contributed by atoms with Gasteiger partial charge in [0.05, 0.1) is 0 Å². The fraction of sp³-hybridized carbons (Fsp3) is 0.375. The van der Waals surface area contributed by atoms with Crippen LogP contribution in [0.1, 0.15) is 24.4 Å². The van der Waals surface area contributed by atoms with Crippen molar-refractivity contribution in [1.29, 1.82) is 0 Å². The highest BCUT2D eigenvalue weighted by Crippen LogP contribution is 2.09. The molecule has 0 radical (unpaired) electrons. The van der Waals surface area contributed by atoms with Gasteiger partial charge in [0.15, 0.2) is 0 Å². The number of hydrogen-bond donors (Lipinski definition) is 1. The summed E-state index contributed by atoms with van der Waals surface area (Å²) in [5, 5.41) is 8.65. The molecule has 1 aromatic heterocycles. The molecule has 0 saturated heterocycles. The zero-order valence-corrected chi connectivity index (χ0v) is 6.98. The fourth-order valence-corrected chi connectivity index (χ4v) is 0.787. The molecule has 1 unspecified atom stereocenters. The minimum Gasteiger partial charge on any atom is -0.481 e. The Hall–Kier alpha value is -1.45. The van der Waals surface area contributed by atoms with Crippen LogP contribution < -0.4 is 0 Å². The molecule has 4 nitrogen and oxygen atoms in total. The molecule has 1 heterocycles. The predicted molar refractivity (Wildman–Crippen MR) is 42.8 cm³/mol. The van der Waals surface area contributed by atoms with E-state index in [0.717, 1.165) is 5.69 Å². The summed E-state index contributed by atoms with van der Waals surface area (Å²) in [7, 11) is 0. The van der Waals surface area contributed by atoms with Crippen LogP contribution in [-0.4, -0.2) is 21.0 Å². The predicted octanol–water partition coefficient (Wildman–Crippen LogP) is 0.973. The van der Waals surface area contributed by atoms with Crippen molar-refractivity contribution >= 4 is 5.97 Å². The van der Waals surface area contributed by atoms with E-state index in [-0.39, 0.29) is 0 Å². The van der Waals surface area contributed by atoms with Crippen LogP contribution in [-0.2, 0) is 4.79 Å². The third kappa shape index (κ3) is 1.78. The maximum absolute atomic E-state index is 10.5. The van der Waals surface area contributed by atoms with Gasteiger partial charge in [-0.1, -0.05) is 0 Å². The summed E-state index contributed by atoms with van der Waals surface area (Å²) in [5.41, 5.74) is 0.785. The number of aryl methyl sites for hydroxylation is 1. The first kappa shape index (κ1) is 8.64. The summed E-state index contributed by atoms with van der Waals surface area (Å²) >= 11 is 0. The molecular weight excluding hydrogens is 156 g/mol. The van der Waals surface area contributed by atoms with Gasteiger partial charge in [-0.15, -0.1) is 0 Å². The Morgan fingerprint density at radius 3 is 2.83 bits per heavy atom. The molecule has 64 valence electrons. The lowest BCUT2D eigenvalue weighted by Gasteiger charge is -2.03. The number of aliphatic carboxylic acids is 1. The summed E-state index contributed by atoms with van der Waals surface area (Å²) in [4.78, 5) is 18.4. The van der Waals surface area contributed by atoms with Crippen LogP contribution >= 0.6 is 0 Å². The minimum absolute atomic E-state index is 0.363. The van der Waals surface area contributed by atoms with Crippen LogP contribution in [0.2, 0.25) is 0 Å². The Balaban J connectivity index is 2.95.